The van der Waals surface area contributed by atoms with E-state index >= 15 is 0 Å². The summed E-state index contributed by atoms with van der Waals surface area (Å²) in [6, 6.07) is 49.4. The first-order chi connectivity index (χ1) is 33.2. The van der Waals surface area contributed by atoms with E-state index in [0.29, 0.717) is 0 Å². The van der Waals surface area contributed by atoms with E-state index in [0.717, 1.165) is 56.1 Å². The van der Waals surface area contributed by atoms with Crippen LogP contribution in [0.15, 0.2) is 146 Å². The summed E-state index contributed by atoms with van der Waals surface area (Å²) in [7, 11) is 2.13. The van der Waals surface area contributed by atoms with Gasteiger partial charge in [-0.25, -0.2) is 4.98 Å². The zero-order valence-corrected chi connectivity index (χ0v) is 43.0. The van der Waals surface area contributed by atoms with Crippen LogP contribution in [0.2, 0.25) is 0 Å². The number of imidazole rings is 2. The van der Waals surface area contributed by atoms with Crippen molar-refractivity contribution in [1.82, 2.24) is 18.7 Å². The average Bonchev–Trinajstić information content (AvgIpc) is 4.08. The van der Waals surface area contributed by atoms with Gasteiger partial charge in [-0.15, -0.1) is 0 Å². The highest BCUT2D eigenvalue weighted by Crippen LogP contribution is 2.65. The van der Waals surface area contributed by atoms with Crippen molar-refractivity contribution in [2.24, 2.45) is 7.05 Å². The van der Waals surface area contributed by atoms with Crippen LogP contribution in [0.3, 0.4) is 0 Å². The monoisotopic (exact) mass is 918 g/mol. The Morgan fingerprint density at radius 2 is 1.16 bits per heavy atom. The van der Waals surface area contributed by atoms with Crippen LogP contribution in [0.1, 0.15) is 128 Å². The van der Waals surface area contributed by atoms with E-state index in [-0.39, 0.29) is 21.7 Å². The summed E-state index contributed by atoms with van der Waals surface area (Å²) in [6.45, 7) is 28.6. The van der Waals surface area contributed by atoms with Gasteiger partial charge >= 0.3 is 0 Å². The van der Waals surface area contributed by atoms with E-state index in [9.17, 15) is 0 Å². The third kappa shape index (κ3) is 6.30. The number of rotatable bonds is 4. The molecule has 70 heavy (non-hydrogen) atoms. The number of para-hydroxylation sites is 3. The molecule has 0 amide bonds. The average molecular weight is 918 g/mol. The number of nitrogens with zero attached hydrogens (tertiary/aromatic N) is 5. The molecule has 1 spiro atoms. The van der Waals surface area contributed by atoms with Crippen LogP contribution in [0, 0.1) is 6.33 Å². The smallest absolute Gasteiger partial charge is 0.244 e. The Kier molecular flexibility index (Phi) is 9.24. The van der Waals surface area contributed by atoms with Crippen molar-refractivity contribution in [3.8, 4) is 39.9 Å². The van der Waals surface area contributed by atoms with Crippen molar-refractivity contribution in [3.05, 3.63) is 197 Å². The molecular weight excluding hydrogens is 855 g/mol. The van der Waals surface area contributed by atoms with E-state index in [1.807, 2.05) is 18.5 Å². The Morgan fingerprint density at radius 1 is 0.557 bits per heavy atom. The van der Waals surface area contributed by atoms with Gasteiger partial charge in [0, 0.05) is 34.9 Å². The number of hydrogen-bond acceptors (Lipinski definition) is 2. The highest BCUT2D eigenvalue weighted by Gasteiger charge is 2.54. The van der Waals surface area contributed by atoms with Gasteiger partial charge in [0.25, 0.3) is 0 Å². The summed E-state index contributed by atoms with van der Waals surface area (Å²) in [5.74, 6) is 2.33. The van der Waals surface area contributed by atoms with Crippen LogP contribution >= 0.6 is 0 Å². The minimum Gasteiger partial charge on any atom is -0.458 e. The number of ether oxygens (including phenoxy) is 1. The molecule has 10 aromatic rings. The maximum atomic E-state index is 7.10. The third-order valence-corrected chi connectivity index (χ3v) is 15.3. The summed E-state index contributed by atoms with van der Waals surface area (Å²) in [6.07, 6.45) is 7.69. The SMILES string of the molecule is C[n+]1[c-]n2c3c(cccc31)C1(c3ccc(Oc4ccc5c6ccccc6n(-c6nccn6-c6ccccc6)c5c4)cc3-2)c2c(cc(C(C)(C)C)cc2C(C)(C)C)-c2cc(C(C)(C)C)cc(C(C)(C)C)c21. The van der Waals surface area contributed by atoms with Crippen LogP contribution in [0.5, 0.6) is 11.5 Å². The van der Waals surface area contributed by atoms with Crippen molar-refractivity contribution in [2.45, 2.75) is 110 Å². The molecule has 1 aliphatic carbocycles. The first-order valence-corrected chi connectivity index (χ1v) is 24.9. The number of benzene rings is 7. The predicted octanol–water partition coefficient (Wildman–Crippen LogP) is 15.2. The second-order valence-electron chi connectivity index (χ2n) is 24.1. The highest BCUT2D eigenvalue weighted by molar-refractivity contribution is 6.09. The van der Waals surface area contributed by atoms with Crippen molar-refractivity contribution in [1.29, 1.82) is 0 Å². The van der Waals surface area contributed by atoms with Crippen LogP contribution in [-0.4, -0.2) is 18.7 Å². The van der Waals surface area contributed by atoms with E-state index < -0.39 is 5.41 Å². The molecule has 0 radical (unpaired) electrons. The first-order valence-electron chi connectivity index (χ1n) is 24.9. The molecule has 0 bridgehead atoms. The second kappa shape index (κ2) is 14.7. The maximum Gasteiger partial charge on any atom is 0.244 e. The van der Waals surface area contributed by atoms with Gasteiger partial charge in [-0.2, -0.15) is 0 Å². The molecule has 3 aromatic heterocycles. The second-order valence-corrected chi connectivity index (χ2v) is 24.1. The van der Waals surface area contributed by atoms with Gasteiger partial charge in [0.2, 0.25) is 12.3 Å². The minimum absolute atomic E-state index is 0.0618. The molecule has 350 valence electrons. The minimum atomic E-state index is -0.661. The summed E-state index contributed by atoms with van der Waals surface area (Å²) < 4.78 is 16.0. The van der Waals surface area contributed by atoms with Gasteiger partial charge in [0.05, 0.1) is 40.2 Å². The molecule has 6 heteroatoms. The lowest BCUT2D eigenvalue weighted by Crippen LogP contribution is -2.38. The quantitative estimate of drug-likeness (QED) is 0.130. The molecule has 4 heterocycles. The standard InChI is InChI=1S/C64H63N5O/c1-60(2,3)39-32-46-47-33-40(61(4,5)6)35-51(63(10,11)12)57(47)64(56(46)50(34-39)62(7,8)9)48-29-27-43(37-55(48)68-38-66(13)53-25-19-23-49(64)58(53)68)70-42-26-28-45-44-22-17-18-24-52(44)69(54(45)36-42)59-65-30-31-67(59)41-20-15-14-16-21-41/h14-37H,1-13H3. The largest absolute Gasteiger partial charge is 0.458 e. The third-order valence-electron chi connectivity index (χ3n) is 15.3. The number of fused-ring (bicyclic) bond motifs is 12. The van der Waals surface area contributed by atoms with Crippen molar-refractivity contribution >= 4 is 32.8 Å². The summed E-state index contributed by atoms with van der Waals surface area (Å²) in [5, 5.41) is 2.30. The predicted molar refractivity (Wildman–Crippen MR) is 287 cm³/mol. The lowest BCUT2D eigenvalue weighted by Gasteiger charge is -2.45. The van der Waals surface area contributed by atoms with E-state index in [4.69, 9.17) is 9.72 Å². The fourth-order valence-corrected chi connectivity index (χ4v) is 11.8. The number of aryl methyl sites for hydroxylation is 1. The zero-order chi connectivity index (χ0) is 49.0. The van der Waals surface area contributed by atoms with Gasteiger partial charge in [-0.3, -0.25) is 9.13 Å². The lowest BCUT2D eigenvalue weighted by molar-refractivity contribution is -0.649. The molecule has 0 unspecified atom stereocenters. The van der Waals surface area contributed by atoms with Crippen LogP contribution < -0.4 is 9.30 Å². The summed E-state index contributed by atoms with van der Waals surface area (Å²) in [5.41, 5.74) is 18.9. The Hall–Kier alpha value is -7.18. The highest BCUT2D eigenvalue weighted by atomic mass is 16.5. The van der Waals surface area contributed by atoms with Gasteiger partial charge in [0.1, 0.15) is 11.5 Å². The van der Waals surface area contributed by atoms with E-state index in [2.05, 4.69) is 242 Å². The molecule has 0 saturated heterocycles. The molecule has 0 N–H and O–H groups in total. The normalized spacial score (nSPS) is 14.2. The molecule has 6 nitrogen and oxygen atoms in total. The molecule has 1 aliphatic heterocycles. The van der Waals surface area contributed by atoms with Crippen LogP contribution in [0.25, 0.3) is 61.3 Å². The number of hydrogen-bond donors (Lipinski definition) is 0. The molecule has 12 rings (SSSR count). The molecule has 2 aliphatic rings. The van der Waals surface area contributed by atoms with Gasteiger partial charge < -0.3 is 13.9 Å². The molecule has 0 atom stereocenters. The number of aromatic nitrogens is 5. The maximum absolute atomic E-state index is 7.10. The zero-order valence-electron chi connectivity index (χ0n) is 43.0. The van der Waals surface area contributed by atoms with Gasteiger partial charge in [-0.05, 0) is 120 Å². The van der Waals surface area contributed by atoms with Gasteiger partial charge in [-0.1, -0.05) is 168 Å². The van der Waals surface area contributed by atoms with Crippen LogP contribution in [-0.2, 0) is 34.1 Å². The van der Waals surface area contributed by atoms with Gasteiger partial charge in [0.15, 0.2) is 0 Å². The fraction of sp³-hybridized carbons (Fsp3) is 0.281. The summed E-state index contributed by atoms with van der Waals surface area (Å²) >= 11 is 0. The van der Waals surface area contributed by atoms with Crippen LogP contribution in [0.4, 0.5) is 0 Å². The Labute approximate surface area is 412 Å². The van der Waals surface area contributed by atoms with E-state index in [1.54, 1.807) is 0 Å². The van der Waals surface area contributed by atoms with Crippen molar-refractivity contribution in [3.63, 3.8) is 0 Å². The first kappa shape index (κ1) is 44.1. The molecule has 0 fully saturated rings. The topological polar surface area (TPSA) is 40.8 Å². The lowest BCUT2D eigenvalue weighted by atomic mass is 9.60. The fourth-order valence-electron chi connectivity index (χ4n) is 11.8. The summed E-state index contributed by atoms with van der Waals surface area (Å²) in [4.78, 5) is 4.96. The Morgan fingerprint density at radius 3 is 1.80 bits per heavy atom. The Balaban J connectivity index is 1.13. The van der Waals surface area contributed by atoms with Crippen molar-refractivity contribution < 1.29 is 9.30 Å². The molecule has 0 saturated carbocycles. The Bertz CT molecular complexity index is 3710. The van der Waals surface area contributed by atoms with E-state index in [1.165, 1.54) is 61.2 Å². The molecule has 7 aromatic carbocycles. The molecular formula is C64H63N5O. The van der Waals surface area contributed by atoms with Crippen molar-refractivity contribution in [2.75, 3.05) is 0 Å².